The van der Waals surface area contributed by atoms with Gasteiger partial charge in [0.2, 0.25) is 5.78 Å². The van der Waals surface area contributed by atoms with Gasteiger partial charge in [0.1, 0.15) is 5.82 Å². The summed E-state index contributed by atoms with van der Waals surface area (Å²) < 4.78 is 14.1. The second-order valence-corrected chi connectivity index (χ2v) is 5.89. The molecule has 1 nitrogen and oxygen atoms in total. The summed E-state index contributed by atoms with van der Waals surface area (Å²) in [6.45, 7) is 3.90. The van der Waals surface area contributed by atoms with Gasteiger partial charge in [-0.3, -0.25) is 4.79 Å². The van der Waals surface area contributed by atoms with Gasteiger partial charge in [0, 0.05) is 4.88 Å². The van der Waals surface area contributed by atoms with Crippen LogP contribution >= 0.6 is 27.3 Å². The molecule has 0 amide bonds. The molecule has 88 valence electrons. The van der Waals surface area contributed by atoms with Crippen molar-refractivity contribution in [2.24, 2.45) is 0 Å². The summed E-state index contributed by atoms with van der Waals surface area (Å²) in [6.07, 6.45) is 0. The lowest BCUT2D eigenvalue weighted by Crippen LogP contribution is -2.02. The summed E-state index contributed by atoms with van der Waals surface area (Å²) in [5.41, 5.74) is 1.18. The van der Waals surface area contributed by atoms with E-state index < -0.39 is 5.82 Å². The molecule has 0 fully saturated rings. The molecule has 0 saturated carbocycles. The molecule has 0 radical (unpaired) electrons. The van der Waals surface area contributed by atoms with Crippen LogP contribution in [0.4, 0.5) is 4.39 Å². The Balaban J connectivity index is 2.47. The van der Waals surface area contributed by atoms with Gasteiger partial charge in [0.05, 0.1) is 14.9 Å². The smallest absolute Gasteiger partial charge is 0.205 e. The van der Waals surface area contributed by atoms with E-state index in [1.807, 2.05) is 19.9 Å². The predicted molar refractivity (Wildman–Crippen MR) is 71.3 cm³/mol. The van der Waals surface area contributed by atoms with E-state index in [2.05, 4.69) is 15.9 Å². The largest absolute Gasteiger partial charge is 0.288 e. The fourth-order valence-electron chi connectivity index (χ4n) is 1.50. The molecule has 0 aliphatic carbocycles. The monoisotopic (exact) mass is 312 g/mol. The molecule has 0 aliphatic rings. The van der Waals surface area contributed by atoms with E-state index in [9.17, 15) is 9.18 Å². The van der Waals surface area contributed by atoms with Crippen LogP contribution in [0, 0.1) is 19.7 Å². The average molecular weight is 313 g/mol. The summed E-state index contributed by atoms with van der Waals surface area (Å²) in [5, 5.41) is 0. The predicted octanol–water partition coefficient (Wildman–Crippen LogP) is 4.50. The first-order valence-corrected chi connectivity index (χ1v) is 6.67. The van der Waals surface area contributed by atoms with Crippen LogP contribution in [0.2, 0.25) is 0 Å². The third-order valence-electron chi connectivity index (χ3n) is 2.59. The Labute approximate surface area is 111 Å². The van der Waals surface area contributed by atoms with Crippen LogP contribution in [0.5, 0.6) is 0 Å². The van der Waals surface area contributed by atoms with Gasteiger partial charge in [0.25, 0.3) is 0 Å². The third-order valence-corrected chi connectivity index (χ3v) is 4.35. The first-order chi connectivity index (χ1) is 8.00. The number of carbonyl (C=O) groups excluding carboxylic acids is 1. The van der Waals surface area contributed by atoms with Crippen molar-refractivity contribution in [1.29, 1.82) is 0 Å². The molecule has 1 heterocycles. The molecule has 2 aromatic rings. The highest BCUT2D eigenvalue weighted by atomic mass is 79.9. The summed E-state index contributed by atoms with van der Waals surface area (Å²) in [5.74, 6) is -0.758. The van der Waals surface area contributed by atoms with Crippen LogP contribution in [-0.2, 0) is 0 Å². The summed E-state index contributed by atoms with van der Waals surface area (Å²) in [7, 11) is 0. The number of hydrogen-bond donors (Lipinski definition) is 0. The number of aryl methyl sites for hydroxylation is 2. The maximum atomic E-state index is 13.8. The Morgan fingerprint density at radius 2 is 2.06 bits per heavy atom. The first kappa shape index (κ1) is 12.5. The van der Waals surface area contributed by atoms with Gasteiger partial charge in [-0.1, -0.05) is 6.07 Å². The highest BCUT2D eigenvalue weighted by Gasteiger charge is 2.17. The average Bonchev–Trinajstić information content (AvgIpc) is 2.62. The molecule has 1 aromatic carbocycles. The zero-order chi connectivity index (χ0) is 12.6. The highest BCUT2D eigenvalue weighted by Crippen LogP contribution is 2.26. The van der Waals surface area contributed by atoms with E-state index in [1.54, 1.807) is 12.1 Å². The Bertz CT molecular complexity index is 570. The van der Waals surface area contributed by atoms with E-state index in [0.717, 1.165) is 10.4 Å². The molecule has 0 unspecified atom stereocenters. The van der Waals surface area contributed by atoms with Crippen LogP contribution in [0.15, 0.2) is 28.7 Å². The minimum atomic E-state index is -0.499. The quantitative estimate of drug-likeness (QED) is 0.746. The lowest BCUT2D eigenvalue weighted by Gasteiger charge is -2.01. The Kier molecular flexibility index (Phi) is 3.45. The fourth-order valence-corrected chi connectivity index (χ4v) is 2.85. The van der Waals surface area contributed by atoms with Gasteiger partial charge in [-0.25, -0.2) is 4.39 Å². The number of ketones is 1. The molecule has 1 aromatic heterocycles. The zero-order valence-corrected chi connectivity index (χ0v) is 11.8. The summed E-state index contributed by atoms with van der Waals surface area (Å²) >= 11 is 4.48. The van der Waals surface area contributed by atoms with Crippen molar-refractivity contribution < 1.29 is 9.18 Å². The molecular weight excluding hydrogens is 303 g/mol. The van der Waals surface area contributed by atoms with Crippen LogP contribution in [0.1, 0.15) is 25.7 Å². The maximum Gasteiger partial charge on any atom is 0.205 e. The van der Waals surface area contributed by atoms with Gasteiger partial charge in [-0.05, 0) is 53.5 Å². The van der Waals surface area contributed by atoms with Crippen molar-refractivity contribution in [3.05, 3.63) is 55.4 Å². The van der Waals surface area contributed by atoms with Gasteiger partial charge >= 0.3 is 0 Å². The van der Waals surface area contributed by atoms with E-state index in [4.69, 9.17) is 0 Å². The standard InChI is InChI=1S/C13H10BrFOS/c1-7-6-11(17-8(7)2)13(16)9-4-3-5-10(14)12(9)15/h3-6H,1-2H3. The van der Waals surface area contributed by atoms with Crippen molar-refractivity contribution in [2.75, 3.05) is 0 Å². The molecule has 0 bridgehead atoms. The second kappa shape index (κ2) is 4.70. The molecule has 0 spiro atoms. The number of rotatable bonds is 2. The number of thiophene rings is 1. The van der Waals surface area contributed by atoms with Crippen molar-refractivity contribution >= 4 is 33.0 Å². The lowest BCUT2D eigenvalue weighted by molar-refractivity contribution is 0.103. The minimum Gasteiger partial charge on any atom is -0.288 e. The number of halogens is 2. The third kappa shape index (κ3) is 2.33. The van der Waals surface area contributed by atoms with Crippen molar-refractivity contribution in [1.82, 2.24) is 0 Å². The first-order valence-electron chi connectivity index (χ1n) is 5.06. The van der Waals surface area contributed by atoms with E-state index >= 15 is 0 Å². The van der Waals surface area contributed by atoms with Crippen molar-refractivity contribution in [3.8, 4) is 0 Å². The Hall–Kier alpha value is -1.000. The van der Waals surface area contributed by atoms with Crippen molar-refractivity contribution in [2.45, 2.75) is 13.8 Å². The maximum absolute atomic E-state index is 13.8. The number of benzene rings is 1. The second-order valence-electron chi connectivity index (χ2n) is 3.78. The fraction of sp³-hybridized carbons (Fsp3) is 0.154. The van der Waals surface area contributed by atoms with Crippen LogP contribution in [-0.4, -0.2) is 5.78 Å². The van der Waals surface area contributed by atoms with Gasteiger partial charge in [-0.2, -0.15) is 0 Å². The van der Waals surface area contributed by atoms with Crippen LogP contribution in [0.25, 0.3) is 0 Å². The highest BCUT2D eigenvalue weighted by molar-refractivity contribution is 9.10. The zero-order valence-electron chi connectivity index (χ0n) is 9.38. The van der Waals surface area contributed by atoms with Crippen LogP contribution < -0.4 is 0 Å². The Morgan fingerprint density at radius 1 is 1.35 bits per heavy atom. The molecule has 0 N–H and O–H groups in total. The topological polar surface area (TPSA) is 17.1 Å². The normalized spacial score (nSPS) is 10.6. The molecule has 2 rings (SSSR count). The van der Waals surface area contributed by atoms with Gasteiger partial charge in [0.15, 0.2) is 0 Å². The number of carbonyl (C=O) groups is 1. The van der Waals surface area contributed by atoms with Gasteiger partial charge in [-0.15, -0.1) is 11.3 Å². The minimum absolute atomic E-state index is 0.112. The van der Waals surface area contributed by atoms with E-state index in [-0.39, 0.29) is 11.3 Å². The van der Waals surface area contributed by atoms with E-state index in [1.165, 1.54) is 17.4 Å². The summed E-state index contributed by atoms with van der Waals surface area (Å²) in [4.78, 5) is 13.8. The molecule has 0 saturated heterocycles. The van der Waals surface area contributed by atoms with Crippen LogP contribution in [0.3, 0.4) is 0 Å². The lowest BCUT2D eigenvalue weighted by atomic mass is 10.1. The van der Waals surface area contributed by atoms with Crippen molar-refractivity contribution in [3.63, 3.8) is 0 Å². The van der Waals surface area contributed by atoms with E-state index in [0.29, 0.717) is 9.35 Å². The molecular formula is C13H10BrFOS. The Morgan fingerprint density at radius 3 is 2.65 bits per heavy atom. The molecule has 0 aliphatic heterocycles. The molecule has 4 heteroatoms. The molecule has 17 heavy (non-hydrogen) atoms. The van der Waals surface area contributed by atoms with Gasteiger partial charge < -0.3 is 0 Å². The SMILES string of the molecule is Cc1cc(C(=O)c2cccc(Br)c2F)sc1C. The number of hydrogen-bond acceptors (Lipinski definition) is 2. The summed E-state index contributed by atoms with van der Waals surface area (Å²) in [6, 6.07) is 6.56. The molecule has 0 atom stereocenters.